The fourth-order valence-corrected chi connectivity index (χ4v) is 2.90. The summed E-state index contributed by atoms with van der Waals surface area (Å²) in [6.45, 7) is 6.32. The summed E-state index contributed by atoms with van der Waals surface area (Å²) in [4.78, 5) is 0. The SMILES string of the molecule is C[Si](C)(C)C#Cc1cnn(-c2c(Cl)cc(C(F)(F)F)cc2Cl)c1. The smallest absolute Gasteiger partial charge is 0.237 e. The summed E-state index contributed by atoms with van der Waals surface area (Å²) < 4.78 is 39.6. The fraction of sp³-hybridized carbons (Fsp3) is 0.267. The molecule has 0 bridgehead atoms. The molecule has 1 aromatic heterocycles. The second-order valence-electron chi connectivity index (χ2n) is 5.96. The van der Waals surface area contributed by atoms with Crippen LogP contribution in [0.3, 0.4) is 0 Å². The largest absolute Gasteiger partial charge is 0.416 e. The Bertz CT molecular complexity index is 773. The van der Waals surface area contributed by atoms with E-state index in [1.807, 2.05) is 0 Å². The van der Waals surface area contributed by atoms with Gasteiger partial charge in [-0.25, -0.2) is 4.68 Å². The molecule has 0 atom stereocenters. The van der Waals surface area contributed by atoms with E-state index in [2.05, 4.69) is 36.2 Å². The lowest BCUT2D eigenvalue weighted by Gasteiger charge is -2.12. The summed E-state index contributed by atoms with van der Waals surface area (Å²) >= 11 is 11.9. The fourth-order valence-electron chi connectivity index (χ4n) is 1.72. The molecule has 0 radical (unpaired) electrons. The third kappa shape index (κ3) is 4.53. The highest BCUT2D eigenvalue weighted by Gasteiger charge is 2.32. The first-order valence-electron chi connectivity index (χ1n) is 6.62. The Hall–Kier alpha value is -1.42. The Morgan fingerprint density at radius 3 is 2.17 bits per heavy atom. The van der Waals surface area contributed by atoms with Gasteiger partial charge in [0.15, 0.2) is 0 Å². The topological polar surface area (TPSA) is 17.8 Å². The monoisotopic (exact) mass is 376 g/mol. The van der Waals surface area contributed by atoms with Gasteiger partial charge in [-0.15, -0.1) is 5.54 Å². The lowest BCUT2D eigenvalue weighted by molar-refractivity contribution is -0.137. The van der Waals surface area contributed by atoms with Crippen molar-refractivity contribution in [2.45, 2.75) is 25.8 Å². The van der Waals surface area contributed by atoms with Crippen LogP contribution in [0.2, 0.25) is 29.7 Å². The first-order valence-corrected chi connectivity index (χ1v) is 10.9. The maximum absolute atomic E-state index is 12.7. The third-order valence-electron chi connectivity index (χ3n) is 2.74. The standard InChI is InChI=1S/C15H13Cl2F3N2Si/c1-23(2,3)5-4-10-8-21-22(9-10)14-12(16)6-11(7-13(14)17)15(18,19)20/h6-9H,1-3H3. The van der Waals surface area contributed by atoms with Crippen LogP contribution in [0.4, 0.5) is 13.2 Å². The van der Waals surface area contributed by atoms with Crippen molar-refractivity contribution in [3.63, 3.8) is 0 Å². The quantitative estimate of drug-likeness (QED) is 0.479. The van der Waals surface area contributed by atoms with Crippen LogP contribution in [0.25, 0.3) is 5.69 Å². The van der Waals surface area contributed by atoms with Crippen molar-refractivity contribution in [1.29, 1.82) is 0 Å². The van der Waals surface area contributed by atoms with Crippen molar-refractivity contribution in [2.24, 2.45) is 0 Å². The Morgan fingerprint density at radius 2 is 1.70 bits per heavy atom. The predicted octanol–water partition coefficient (Wildman–Crippen LogP) is 5.43. The molecule has 0 saturated carbocycles. The Morgan fingerprint density at radius 1 is 1.13 bits per heavy atom. The molecule has 0 aliphatic heterocycles. The van der Waals surface area contributed by atoms with Crippen LogP contribution in [0.5, 0.6) is 0 Å². The molecule has 122 valence electrons. The molecule has 0 N–H and O–H groups in total. The highest BCUT2D eigenvalue weighted by molar-refractivity contribution is 6.83. The summed E-state index contributed by atoms with van der Waals surface area (Å²) in [5.41, 5.74) is 3.13. The summed E-state index contributed by atoms with van der Waals surface area (Å²) in [6.07, 6.45) is -1.39. The molecule has 2 nitrogen and oxygen atoms in total. The molecule has 1 heterocycles. The van der Waals surface area contributed by atoms with Crippen LogP contribution in [0, 0.1) is 11.5 Å². The number of hydrogen-bond acceptors (Lipinski definition) is 1. The van der Waals surface area contributed by atoms with Gasteiger partial charge in [0.1, 0.15) is 13.8 Å². The number of benzene rings is 1. The zero-order valence-electron chi connectivity index (χ0n) is 12.6. The number of aromatic nitrogens is 2. The number of hydrogen-bond donors (Lipinski definition) is 0. The van der Waals surface area contributed by atoms with E-state index in [1.54, 1.807) is 6.20 Å². The highest BCUT2D eigenvalue weighted by Crippen LogP contribution is 2.37. The van der Waals surface area contributed by atoms with Crippen molar-refractivity contribution >= 4 is 31.3 Å². The van der Waals surface area contributed by atoms with Gasteiger partial charge in [-0.2, -0.15) is 18.3 Å². The van der Waals surface area contributed by atoms with Crippen LogP contribution in [-0.2, 0) is 6.18 Å². The summed E-state index contributed by atoms with van der Waals surface area (Å²) in [5, 5.41) is 3.83. The van der Waals surface area contributed by atoms with Crippen LogP contribution in [0.1, 0.15) is 11.1 Å². The zero-order chi connectivity index (χ0) is 17.4. The van der Waals surface area contributed by atoms with Crippen molar-refractivity contribution in [3.8, 4) is 17.2 Å². The van der Waals surface area contributed by atoms with Gasteiger partial charge in [-0.05, 0) is 12.1 Å². The molecule has 0 saturated heterocycles. The molecule has 0 spiro atoms. The molecule has 8 heteroatoms. The van der Waals surface area contributed by atoms with Crippen molar-refractivity contribution < 1.29 is 13.2 Å². The Balaban J connectivity index is 2.44. The summed E-state index contributed by atoms with van der Waals surface area (Å²) in [7, 11) is -1.54. The Labute approximate surface area is 143 Å². The second-order valence-corrected chi connectivity index (χ2v) is 11.5. The van der Waals surface area contributed by atoms with E-state index < -0.39 is 19.8 Å². The number of alkyl halides is 3. The molecule has 2 rings (SSSR count). The molecule has 0 aliphatic rings. The molecule has 0 unspecified atom stereocenters. The first kappa shape index (κ1) is 17.9. The summed E-state index contributed by atoms with van der Waals surface area (Å²) in [6, 6.07) is 1.66. The molecule has 1 aromatic carbocycles. The molecule has 0 aliphatic carbocycles. The van der Waals surface area contributed by atoms with Crippen LogP contribution < -0.4 is 0 Å². The first-order chi connectivity index (χ1) is 10.5. The minimum atomic E-state index is -4.51. The van der Waals surface area contributed by atoms with Gasteiger partial charge in [-0.1, -0.05) is 48.8 Å². The van der Waals surface area contributed by atoms with E-state index in [0.29, 0.717) is 5.56 Å². The summed E-state index contributed by atoms with van der Waals surface area (Å²) in [5.74, 6) is 3.01. The minimum Gasteiger partial charge on any atom is -0.237 e. The number of rotatable bonds is 1. The second kappa shape index (κ2) is 6.23. The molecular formula is C15H13Cl2F3N2Si. The number of halogens is 5. The van der Waals surface area contributed by atoms with Crippen LogP contribution >= 0.6 is 23.2 Å². The van der Waals surface area contributed by atoms with E-state index in [4.69, 9.17) is 23.2 Å². The van der Waals surface area contributed by atoms with Gasteiger partial charge in [0.05, 0.1) is 27.4 Å². The third-order valence-corrected chi connectivity index (χ3v) is 4.19. The van der Waals surface area contributed by atoms with Gasteiger partial charge >= 0.3 is 6.18 Å². The van der Waals surface area contributed by atoms with E-state index in [-0.39, 0.29) is 15.7 Å². The maximum Gasteiger partial charge on any atom is 0.416 e. The van der Waals surface area contributed by atoms with Crippen LogP contribution in [0.15, 0.2) is 24.5 Å². The van der Waals surface area contributed by atoms with Gasteiger partial charge in [0, 0.05) is 6.20 Å². The predicted molar refractivity (Wildman–Crippen MR) is 88.8 cm³/mol. The molecule has 0 fully saturated rings. The van der Waals surface area contributed by atoms with Crippen LogP contribution in [-0.4, -0.2) is 17.9 Å². The van der Waals surface area contributed by atoms with Gasteiger partial charge in [-0.3, -0.25) is 0 Å². The maximum atomic E-state index is 12.7. The highest BCUT2D eigenvalue weighted by atomic mass is 35.5. The molecular weight excluding hydrogens is 364 g/mol. The average Bonchev–Trinajstić information content (AvgIpc) is 2.82. The van der Waals surface area contributed by atoms with Crippen molar-refractivity contribution in [1.82, 2.24) is 9.78 Å². The van der Waals surface area contributed by atoms with Gasteiger partial charge < -0.3 is 0 Å². The lowest BCUT2D eigenvalue weighted by atomic mass is 10.2. The van der Waals surface area contributed by atoms with Crippen molar-refractivity contribution in [3.05, 3.63) is 45.7 Å². The zero-order valence-corrected chi connectivity index (χ0v) is 15.1. The van der Waals surface area contributed by atoms with E-state index in [9.17, 15) is 13.2 Å². The van der Waals surface area contributed by atoms with Gasteiger partial charge in [0.25, 0.3) is 0 Å². The van der Waals surface area contributed by atoms with Gasteiger partial charge in [0.2, 0.25) is 0 Å². The average molecular weight is 377 g/mol. The molecule has 23 heavy (non-hydrogen) atoms. The minimum absolute atomic E-state index is 0.127. The normalized spacial score (nSPS) is 12.0. The van der Waals surface area contributed by atoms with Crippen molar-refractivity contribution in [2.75, 3.05) is 0 Å². The lowest BCUT2D eigenvalue weighted by Crippen LogP contribution is -2.16. The Kier molecular flexibility index (Phi) is 4.86. The molecule has 2 aromatic rings. The van der Waals surface area contributed by atoms with E-state index >= 15 is 0 Å². The van der Waals surface area contributed by atoms with E-state index in [1.165, 1.54) is 10.9 Å². The van der Waals surface area contributed by atoms with E-state index in [0.717, 1.165) is 12.1 Å². The number of nitrogens with zero attached hydrogens (tertiary/aromatic N) is 2. The molecule has 0 amide bonds.